The average Bonchev–Trinajstić information content (AvgIpc) is 3.00. The van der Waals surface area contributed by atoms with Gasteiger partial charge in [-0.1, -0.05) is 25.6 Å². The minimum atomic E-state index is -0.235. The zero-order valence-corrected chi connectivity index (χ0v) is 16.8. The lowest BCUT2D eigenvalue weighted by Gasteiger charge is -2.11. The molecule has 1 atom stereocenters. The first-order chi connectivity index (χ1) is 11.8. The van der Waals surface area contributed by atoms with Crippen molar-refractivity contribution in [3.05, 3.63) is 39.5 Å². The van der Waals surface area contributed by atoms with Crippen molar-refractivity contribution in [1.82, 2.24) is 15.3 Å². The summed E-state index contributed by atoms with van der Waals surface area (Å²) in [4.78, 5) is 34.3. The van der Waals surface area contributed by atoms with Gasteiger partial charge in [0.15, 0.2) is 5.78 Å². The second-order valence-electron chi connectivity index (χ2n) is 6.16. The number of ketones is 1. The molecule has 0 aromatic carbocycles. The summed E-state index contributed by atoms with van der Waals surface area (Å²) in [5.41, 5.74) is 0.912. The molecule has 2 rings (SSSR count). The summed E-state index contributed by atoms with van der Waals surface area (Å²) in [5, 5.41) is 3.34. The van der Waals surface area contributed by atoms with Gasteiger partial charge in [0.25, 0.3) is 0 Å². The minimum absolute atomic E-state index is 0.0754. The first kappa shape index (κ1) is 19.6. The zero-order valence-electron chi connectivity index (χ0n) is 15.1. The Morgan fingerprint density at radius 2 is 1.96 bits per heavy atom. The summed E-state index contributed by atoms with van der Waals surface area (Å²) in [5.74, 6) is 1.05. The third-order valence-corrected chi connectivity index (χ3v) is 5.57. The van der Waals surface area contributed by atoms with Crippen molar-refractivity contribution in [3.63, 3.8) is 0 Å². The highest BCUT2D eigenvalue weighted by molar-refractivity contribution is 8.00. The van der Waals surface area contributed by atoms with Crippen LogP contribution in [0, 0.1) is 6.92 Å². The predicted octanol–water partition coefficient (Wildman–Crippen LogP) is 3.97. The highest BCUT2D eigenvalue weighted by Gasteiger charge is 2.20. The largest absolute Gasteiger partial charge is 0.351 e. The number of hydrogen-bond acceptors (Lipinski definition) is 6. The van der Waals surface area contributed by atoms with E-state index in [-0.39, 0.29) is 22.9 Å². The molecule has 0 fully saturated rings. The molecule has 0 bridgehead atoms. The van der Waals surface area contributed by atoms with Gasteiger partial charge in [-0.2, -0.15) is 0 Å². The fourth-order valence-corrected chi connectivity index (χ4v) is 4.16. The van der Waals surface area contributed by atoms with Crippen molar-refractivity contribution in [2.45, 2.75) is 57.4 Å². The van der Waals surface area contributed by atoms with Crippen molar-refractivity contribution >= 4 is 34.8 Å². The van der Waals surface area contributed by atoms with Crippen molar-refractivity contribution in [2.75, 3.05) is 0 Å². The van der Waals surface area contributed by atoms with E-state index in [2.05, 4.69) is 29.1 Å². The number of carbonyl (C=O) groups excluding carboxylic acids is 2. The van der Waals surface area contributed by atoms with Gasteiger partial charge < -0.3 is 5.32 Å². The molecule has 1 unspecified atom stereocenters. The average molecular weight is 378 g/mol. The second-order valence-corrected chi connectivity index (χ2v) is 8.69. The number of thiophene rings is 1. The Morgan fingerprint density at radius 3 is 2.60 bits per heavy atom. The standard InChI is InChI=1S/C18H23N3O2S2/c1-10(2)18-20-11(3)8-16(21-18)24-12(4)17(23)15-7-6-14(25-15)9-19-13(5)22/h6-8,10,12H,9H2,1-5H3,(H,19,22). The number of aromatic nitrogens is 2. The quantitative estimate of drug-likeness (QED) is 0.449. The first-order valence-corrected chi connectivity index (χ1v) is 9.85. The molecule has 1 N–H and O–H groups in total. The Hall–Kier alpha value is -1.73. The Morgan fingerprint density at radius 1 is 1.24 bits per heavy atom. The molecule has 0 aliphatic heterocycles. The van der Waals surface area contributed by atoms with Crippen LogP contribution in [0.4, 0.5) is 0 Å². The van der Waals surface area contributed by atoms with Crippen LogP contribution in [0.25, 0.3) is 0 Å². The Labute approximate surface area is 156 Å². The maximum absolute atomic E-state index is 12.7. The molecule has 0 radical (unpaired) electrons. The van der Waals surface area contributed by atoms with Crippen LogP contribution in [0.2, 0.25) is 0 Å². The molecule has 7 heteroatoms. The van der Waals surface area contributed by atoms with Crippen LogP contribution in [0.3, 0.4) is 0 Å². The van der Waals surface area contributed by atoms with E-state index >= 15 is 0 Å². The highest BCUT2D eigenvalue weighted by Crippen LogP contribution is 2.28. The van der Waals surface area contributed by atoms with Crippen molar-refractivity contribution in [2.24, 2.45) is 0 Å². The maximum atomic E-state index is 12.7. The van der Waals surface area contributed by atoms with Gasteiger partial charge in [-0.3, -0.25) is 9.59 Å². The summed E-state index contributed by atoms with van der Waals surface area (Å²) in [6.45, 7) is 9.88. The molecule has 2 aromatic heterocycles. The summed E-state index contributed by atoms with van der Waals surface area (Å²) >= 11 is 2.88. The van der Waals surface area contributed by atoms with Gasteiger partial charge in [0.05, 0.1) is 16.7 Å². The Kier molecular flexibility index (Phi) is 6.72. The number of aryl methyl sites for hydroxylation is 1. The number of hydrogen-bond donors (Lipinski definition) is 1. The molecule has 134 valence electrons. The summed E-state index contributed by atoms with van der Waals surface area (Å²) in [6.07, 6.45) is 0. The van der Waals surface area contributed by atoms with E-state index < -0.39 is 0 Å². The van der Waals surface area contributed by atoms with Crippen LogP contribution in [0.5, 0.6) is 0 Å². The fourth-order valence-electron chi connectivity index (χ4n) is 2.13. The van der Waals surface area contributed by atoms with E-state index in [1.54, 1.807) is 0 Å². The van der Waals surface area contributed by atoms with Crippen LogP contribution in [0.15, 0.2) is 23.2 Å². The van der Waals surface area contributed by atoms with E-state index in [4.69, 9.17) is 0 Å². The fraction of sp³-hybridized carbons (Fsp3) is 0.444. The molecule has 5 nitrogen and oxygen atoms in total. The highest BCUT2D eigenvalue weighted by atomic mass is 32.2. The van der Waals surface area contributed by atoms with Gasteiger partial charge >= 0.3 is 0 Å². The van der Waals surface area contributed by atoms with Crippen LogP contribution in [-0.2, 0) is 11.3 Å². The maximum Gasteiger partial charge on any atom is 0.217 e. The van der Waals surface area contributed by atoms with E-state index in [9.17, 15) is 9.59 Å². The van der Waals surface area contributed by atoms with Gasteiger partial charge in [-0.25, -0.2) is 9.97 Å². The first-order valence-electron chi connectivity index (χ1n) is 8.16. The van der Waals surface area contributed by atoms with Gasteiger partial charge in [0.1, 0.15) is 10.9 Å². The van der Waals surface area contributed by atoms with Crippen molar-refractivity contribution in [3.8, 4) is 0 Å². The molecule has 2 heterocycles. The second kappa shape index (κ2) is 8.58. The van der Waals surface area contributed by atoms with Gasteiger partial charge in [0.2, 0.25) is 5.91 Å². The third-order valence-electron chi connectivity index (χ3n) is 3.45. The molecule has 0 saturated heterocycles. The predicted molar refractivity (Wildman–Crippen MR) is 102 cm³/mol. The molecule has 2 aromatic rings. The van der Waals surface area contributed by atoms with Crippen molar-refractivity contribution in [1.29, 1.82) is 0 Å². The number of thioether (sulfide) groups is 1. The molecule has 0 aliphatic rings. The summed E-state index contributed by atoms with van der Waals surface area (Å²) in [7, 11) is 0. The Bertz CT molecular complexity index is 771. The number of nitrogens with zero attached hydrogens (tertiary/aromatic N) is 2. The van der Waals surface area contributed by atoms with Crippen LogP contribution in [-0.4, -0.2) is 26.9 Å². The molecular weight excluding hydrogens is 354 g/mol. The van der Waals surface area contributed by atoms with E-state index in [1.807, 2.05) is 32.0 Å². The number of Topliss-reactive ketones (excluding diaryl/α,β-unsaturated/α-hetero) is 1. The molecule has 0 aliphatic carbocycles. The number of amides is 1. The van der Waals surface area contributed by atoms with Crippen molar-refractivity contribution < 1.29 is 9.59 Å². The smallest absolute Gasteiger partial charge is 0.217 e. The normalized spacial score (nSPS) is 12.2. The lowest BCUT2D eigenvalue weighted by Crippen LogP contribution is -2.18. The van der Waals surface area contributed by atoms with Gasteiger partial charge in [0, 0.05) is 23.4 Å². The minimum Gasteiger partial charge on any atom is -0.351 e. The number of carbonyl (C=O) groups is 2. The van der Waals surface area contributed by atoms with E-state index in [0.29, 0.717) is 11.4 Å². The number of nitrogens with one attached hydrogen (secondary N) is 1. The third kappa shape index (κ3) is 5.64. The lowest BCUT2D eigenvalue weighted by molar-refractivity contribution is -0.119. The summed E-state index contributed by atoms with van der Waals surface area (Å²) < 4.78 is 0. The molecule has 0 saturated carbocycles. The monoisotopic (exact) mass is 377 g/mol. The van der Waals surface area contributed by atoms with Gasteiger partial charge in [-0.15, -0.1) is 11.3 Å². The lowest BCUT2D eigenvalue weighted by atomic mass is 10.2. The number of rotatable bonds is 7. The van der Waals surface area contributed by atoms with Crippen LogP contribution >= 0.6 is 23.1 Å². The van der Waals surface area contributed by atoms with E-state index in [0.717, 1.165) is 21.4 Å². The molecule has 0 spiro atoms. The summed E-state index contributed by atoms with van der Waals surface area (Å²) in [6, 6.07) is 5.62. The van der Waals surface area contributed by atoms with Gasteiger partial charge in [-0.05, 0) is 32.0 Å². The van der Waals surface area contributed by atoms with Crippen LogP contribution < -0.4 is 5.32 Å². The zero-order chi connectivity index (χ0) is 18.6. The van der Waals surface area contributed by atoms with Crippen LogP contribution in [0.1, 0.15) is 59.7 Å². The molecule has 1 amide bonds. The SMILES string of the molecule is CC(=O)NCc1ccc(C(=O)C(C)Sc2cc(C)nc(C(C)C)n2)s1. The molecular formula is C18H23N3O2S2. The molecule has 25 heavy (non-hydrogen) atoms. The topological polar surface area (TPSA) is 72.0 Å². The van der Waals surface area contributed by atoms with E-state index in [1.165, 1.54) is 30.0 Å². The Balaban J connectivity index is 2.06.